The Balaban J connectivity index is 2.49. The van der Waals surface area contributed by atoms with Crippen LogP contribution in [-0.4, -0.2) is 54.4 Å². The monoisotopic (exact) mass is 529 g/mol. The molecule has 2 amide bonds. The van der Waals surface area contributed by atoms with Crippen molar-refractivity contribution in [3.8, 4) is 5.75 Å². The number of benzene rings is 2. The molecule has 8 nitrogen and oxygen atoms in total. The molecule has 2 rings (SSSR count). The van der Waals surface area contributed by atoms with Gasteiger partial charge in [-0.05, 0) is 48.7 Å². The van der Waals surface area contributed by atoms with E-state index in [1.807, 2.05) is 20.8 Å². The van der Waals surface area contributed by atoms with E-state index in [0.717, 1.165) is 23.2 Å². The predicted molar refractivity (Wildman–Crippen MR) is 128 cm³/mol. The van der Waals surface area contributed by atoms with Crippen molar-refractivity contribution < 1.29 is 37.0 Å². The summed E-state index contributed by atoms with van der Waals surface area (Å²) >= 11 is 6.09. The van der Waals surface area contributed by atoms with Gasteiger partial charge in [0.2, 0.25) is 0 Å². The Morgan fingerprint density at radius 3 is 2.06 bits per heavy atom. The van der Waals surface area contributed by atoms with Crippen LogP contribution < -0.4 is 10.5 Å². The third kappa shape index (κ3) is 6.60. The molecule has 0 aliphatic rings. The van der Waals surface area contributed by atoms with Crippen LogP contribution in [0.5, 0.6) is 5.75 Å². The number of amides is 2. The summed E-state index contributed by atoms with van der Waals surface area (Å²) in [5.74, 6) is -2.63. The summed E-state index contributed by atoms with van der Waals surface area (Å²) in [7, 11) is 2.54. The van der Waals surface area contributed by atoms with Crippen molar-refractivity contribution >= 4 is 35.1 Å². The molecule has 0 fully saturated rings. The van der Waals surface area contributed by atoms with Crippen LogP contribution in [0.3, 0.4) is 0 Å². The number of carbonyl (C=O) groups excluding carboxylic acids is 3. The number of anilines is 1. The lowest BCUT2D eigenvalue weighted by molar-refractivity contribution is -0.274. The number of rotatable bonds is 5. The number of esters is 1. The number of hydrogen-bond acceptors (Lipinski definition) is 6. The van der Waals surface area contributed by atoms with Crippen LogP contribution in [0, 0.1) is 5.41 Å². The highest BCUT2D eigenvalue weighted by molar-refractivity contribution is 6.34. The molecule has 1 unspecified atom stereocenters. The van der Waals surface area contributed by atoms with E-state index in [1.54, 1.807) is 6.92 Å². The van der Waals surface area contributed by atoms with E-state index in [0.29, 0.717) is 0 Å². The molecular weight excluding hydrogens is 503 g/mol. The molecule has 2 N–H and O–H groups in total. The zero-order valence-corrected chi connectivity index (χ0v) is 21.3. The van der Waals surface area contributed by atoms with Gasteiger partial charge in [-0.3, -0.25) is 9.59 Å². The molecule has 2 aromatic carbocycles. The second-order valence-corrected chi connectivity index (χ2v) is 9.41. The lowest BCUT2D eigenvalue weighted by Crippen LogP contribution is -2.55. The standard InChI is InChI=1S/C24H27ClF3N3O5/c1-13(23(2,3)4)31(21(33)17-9-7-14(11-19(17)29)22(34)35-6)30(5)20(32)16-10-8-15(12-18(16)25)36-24(26,27)28/h7-13H,29H2,1-6H3. The molecule has 0 bridgehead atoms. The van der Waals surface area contributed by atoms with Crippen LogP contribution in [-0.2, 0) is 4.74 Å². The Hall–Kier alpha value is -3.47. The Morgan fingerprint density at radius 2 is 1.58 bits per heavy atom. The zero-order chi connectivity index (χ0) is 27.6. The lowest BCUT2D eigenvalue weighted by Gasteiger charge is -2.42. The third-order valence-corrected chi connectivity index (χ3v) is 5.87. The first-order chi connectivity index (χ1) is 16.5. The number of nitrogens with two attached hydrogens (primary N) is 1. The van der Waals surface area contributed by atoms with E-state index < -0.39 is 41.4 Å². The normalized spacial score (nSPS) is 12.5. The first kappa shape index (κ1) is 28.8. The van der Waals surface area contributed by atoms with E-state index >= 15 is 0 Å². The fourth-order valence-electron chi connectivity index (χ4n) is 3.20. The fraction of sp³-hybridized carbons (Fsp3) is 0.375. The topological polar surface area (TPSA) is 102 Å². The second kappa shape index (κ2) is 10.7. The first-order valence-electron chi connectivity index (χ1n) is 10.6. The van der Waals surface area contributed by atoms with Crippen LogP contribution in [0.25, 0.3) is 0 Å². The lowest BCUT2D eigenvalue weighted by atomic mass is 9.87. The predicted octanol–water partition coefficient (Wildman–Crippen LogP) is 5.17. The molecule has 12 heteroatoms. The first-order valence-corrected chi connectivity index (χ1v) is 11.0. The van der Waals surface area contributed by atoms with Crippen LogP contribution in [0.4, 0.5) is 18.9 Å². The summed E-state index contributed by atoms with van der Waals surface area (Å²) in [4.78, 5) is 38.8. The summed E-state index contributed by atoms with van der Waals surface area (Å²) in [5, 5.41) is 1.91. The summed E-state index contributed by atoms with van der Waals surface area (Å²) in [5.41, 5.74) is 5.54. The van der Waals surface area contributed by atoms with Gasteiger partial charge in [0.15, 0.2) is 0 Å². The van der Waals surface area contributed by atoms with Gasteiger partial charge in [-0.25, -0.2) is 14.8 Å². The highest BCUT2D eigenvalue weighted by Crippen LogP contribution is 2.31. The number of hydrogen-bond donors (Lipinski definition) is 1. The van der Waals surface area contributed by atoms with E-state index in [-0.39, 0.29) is 27.4 Å². The average molecular weight is 530 g/mol. The van der Waals surface area contributed by atoms with Crippen LogP contribution >= 0.6 is 11.6 Å². The SMILES string of the molecule is COC(=O)c1ccc(C(=O)N(C(C)C(C)(C)C)N(C)C(=O)c2ccc(OC(F)(F)F)cc2Cl)c(N)c1. The maximum absolute atomic E-state index is 13.6. The van der Waals surface area contributed by atoms with Gasteiger partial charge in [-0.2, -0.15) is 0 Å². The average Bonchev–Trinajstić information content (AvgIpc) is 2.76. The highest BCUT2D eigenvalue weighted by atomic mass is 35.5. The van der Waals surface area contributed by atoms with Crippen molar-refractivity contribution in [1.82, 2.24) is 10.0 Å². The number of nitrogen functional groups attached to an aromatic ring is 1. The van der Waals surface area contributed by atoms with Crippen molar-refractivity contribution in [1.29, 1.82) is 0 Å². The maximum atomic E-state index is 13.6. The van der Waals surface area contributed by atoms with Crippen LogP contribution in [0.15, 0.2) is 36.4 Å². The van der Waals surface area contributed by atoms with Gasteiger partial charge >= 0.3 is 12.3 Å². The van der Waals surface area contributed by atoms with Crippen LogP contribution in [0.2, 0.25) is 5.02 Å². The molecule has 0 aliphatic carbocycles. The quantitative estimate of drug-likeness (QED) is 0.325. The Kier molecular flexibility index (Phi) is 8.51. The van der Waals surface area contributed by atoms with Crippen molar-refractivity contribution in [3.05, 3.63) is 58.1 Å². The molecule has 0 aliphatic heterocycles. The van der Waals surface area contributed by atoms with Crippen molar-refractivity contribution in [3.63, 3.8) is 0 Å². The summed E-state index contributed by atoms with van der Waals surface area (Å²) < 4.78 is 46.0. The molecule has 1 atom stereocenters. The number of methoxy groups -OCH3 is 1. The van der Waals surface area contributed by atoms with E-state index in [2.05, 4.69) is 9.47 Å². The smallest absolute Gasteiger partial charge is 0.465 e. The number of nitrogens with zero attached hydrogens (tertiary/aromatic N) is 2. The molecule has 2 aromatic rings. The van der Waals surface area contributed by atoms with Gasteiger partial charge in [0.05, 0.1) is 34.9 Å². The third-order valence-electron chi connectivity index (χ3n) is 5.55. The molecule has 0 saturated carbocycles. The van der Waals surface area contributed by atoms with Gasteiger partial charge in [0.25, 0.3) is 11.8 Å². The zero-order valence-electron chi connectivity index (χ0n) is 20.6. The number of alkyl halides is 3. The molecule has 0 heterocycles. The highest BCUT2D eigenvalue weighted by Gasteiger charge is 2.37. The Morgan fingerprint density at radius 1 is 1.00 bits per heavy atom. The summed E-state index contributed by atoms with van der Waals surface area (Å²) in [6.07, 6.45) is -4.93. The minimum atomic E-state index is -4.93. The molecular formula is C24H27ClF3N3O5. The number of halogens is 4. The minimum absolute atomic E-state index is 0.0125. The van der Waals surface area contributed by atoms with Crippen molar-refractivity contribution in [2.75, 3.05) is 19.9 Å². The summed E-state index contributed by atoms with van der Waals surface area (Å²) in [6, 6.07) is 6.32. The minimum Gasteiger partial charge on any atom is -0.465 e. The summed E-state index contributed by atoms with van der Waals surface area (Å²) in [6.45, 7) is 7.30. The fourth-order valence-corrected chi connectivity index (χ4v) is 3.45. The number of carbonyl (C=O) groups is 3. The van der Waals surface area contributed by atoms with Gasteiger partial charge in [-0.1, -0.05) is 32.4 Å². The Labute approximate surface area is 211 Å². The second-order valence-electron chi connectivity index (χ2n) is 9.00. The van der Waals surface area contributed by atoms with Crippen molar-refractivity contribution in [2.45, 2.75) is 40.1 Å². The Bertz CT molecular complexity index is 1160. The number of hydrazine groups is 1. The van der Waals surface area contributed by atoms with E-state index in [9.17, 15) is 27.6 Å². The molecule has 0 radical (unpaired) electrons. The van der Waals surface area contributed by atoms with E-state index in [1.165, 1.54) is 37.4 Å². The van der Waals surface area contributed by atoms with Crippen molar-refractivity contribution in [2.24, 2.45) is 5.41 Å². The molecule has 0 aromatic heterocycles. The maximum Gasteiger partial charge on any atom is 0.573 e. The molecule has 36 heavy (non-hydrogen) atoms. The van der Waals surface area contributed by atoms with Crippen LogP contribution in [0.1, 0.15) is 58.8 Å². The van der Waals surface area contributed by atoms with Gasteiger partial charge < -0.3 is 15.2 Å². The van der Waals surface area contributed by atoms with E-state index in [4.69, 9.17) is 17.3 Å². The number of ether oxygens (including phenoxy) is 2. The molecule has 0 saturated heterocycles. The largest absolute Gasteiger partial charge is 0.573 e. The van der Waals surface area contributed by atoms with Gasteiger partial charge in [0.1, 0.15) is 5.75 Å². The van der Waals surface area contributed by atoms with Gasteiger partial charge in [-0.15, -0.1) is 13.2 Å². The molecule has 196 valence electrons. The molecule has 0 spiro atoms. The van der Waals surface area contributed by atoms with Gasteiger partial charge in [0, 0.05) is 12.7 Å².